The highest BCUT2D eigenvalue weighted by Gasteiger charge is 2.25. The average molecular weight is 396 g/mol. The Kier molecular flexibility index (Phi) is 4.23. The zero-order valence-corrected chi connectivity index (χ0v) is 16.8. The number of hydrogen-bond donors (Lipinski definition) is 1. The summed E-state index contributed by atoms with van der Waals surface area (Å²) in [5, 5.41) is 3.74. The Balaban J connectivity index is 1.76. The third-order valence-electron chi connectivity index (χ3n) is 4.69. The lowest BCUT2D eigenvalue weighted by atomic mass is 10.1. The van der Waals surface area contributed by atoms with Gasteiger partial charge in [0, 0.05) is 18.0 Å². The van der Waals surface area contributed by atoms with Gasteiger partial charge in [0.05, 0.1) is 11.4 Å². The van der Waals surface area contributed by atoms with E-state index in [0.717, 1.165) is 28.0 Å². The SMILES string of the molecule is Cc1ccc(-c2cn3cccc(C)c3n2)cc1NS(=O)(=O)c1c(C)noc1C. The molecule has 0 amide bonds. The maximum Gasteiger partial charge on any atom is 0.267 e. The summed E-state index contributed by atoms with van der Waals surface area (Å²) in [7, 11) is -3.82. The molecule has 28 heavy (non-hydrogen) atoms. The Morgan fingerprint density at radius 3 is 2.54 bits per heavy atom. The van der Waals surface area contributed by atoms with Crippen molar-refractivity contribution in [3.8, 4) is 11.3 Å². The van der Waals surface area contributed by atoms with Crippen LogP contribution in [0.2, 0.25) is 0 Å². The number of aromatic nitrogens is 3. The zero-order valence-electron chi connectivity index (χ0n) is 16.0. The van der Waals surface area contributed by atoms with E-state index in [1.165, 1.54) is 0 Å². The second-order valence-corrected chi connectivity index (χ2v) is 8.46. The minimum atomic E-state index is -3.82. The minimum absolute atomic E-state index is 0.0701. The zero-order chi connectivity index (χ0) is 20.1. The van der Waals surface area contributed by atoms with Crippen LogP contribution in [0.25, 0.3) is 16.9 Å². The maximum atomic E-state index is 12.9. The number of fused-ring (bicyclic) bond motifs is 1. The van der Waals surface area contributed by atoms with E-state index in [4.69, 9.17) is 4.52 Å². The number of pyridine rings is 1. The summed E-state index contributed by atoms with van der Waals surface area (Å²) in [5.74, 6) is 0.259. The van der Waals surface area contributed by atoms with E-state index in [-0.39, 0.29) is 10.7 Å². The summed E-state index contributed by atoms with van der Waals surface area (Å²) in [4.78, 5) is 4.76. The molecule has 0 atom stereocenters. The molecule has 7 nitrogen and oxygen atoms in total. The maximum absolute atomic E-state index is 12.9. The molecule has 0 aliphatic heterocycles. The van der Waals surface area contributed by atoms with Crippen LogP contribution in [0.4, 0.5) is 5.69 Å². The summed E-state index contributed by atoms with van der Waals surface area (Å²) in [6.07, 6.45) is 3.87. The molecule has 4 rings (SSSR count). The number of nitrogens with zero attached hydrogens (tertiary/aromatic N) is 3. The molecule has 0 aliphatic rings. The van der Waals surface area contributed by atoms with Crippen LogP contribution in [0.5, 0.6) is 0 Å². The van der Waals surface area contributed by atoms with Crippen molar-refractivity contribution in [1.29, 1.82) is 0 Å². The van der Waals surface area contributed by atoms with Crippen LogP contribution in [-0.4, -0.2) is 23.0 Å². The highest BCUT2D eigenvalue weighted by Crippen LogP contribution is 2.29. The summed E-state index contributed by atoms with van der Waals surface area (Å²) in [5.41, 5.74) is 5.16. The van der Waals surface area contributed by atoms with Crippen LogP contribution in [0.15, 0.2) is 52.1 Å². The van der Waals surface area contributed by atoms with Gasteiger partial charge in [-0.15, -0.1) is 0 Å². The number of imidazole rings is 1. The summed E-state index contributed by atoms with van der Waals surface area (Å²) < 4.78 is 35.3. The van der Waals surface area contributed by atoms with E-state index in [1.54, 1.807) is 19.9 Å². The standard InChI is InChI=1S/C20H20N4O3S/c1-12-7-8-16(18-11-24-9-5-6-13(2)20(24)21-18)10-17(12)23-28(25,26)19-14(3)22-27-15(19)4/h5-11,23H,1-4H3. The van der Waals surface area contributed by atoms with Crippen molar-refractivity contribution in [1.82, 2.24) is 14.5 Å². The van der Waals surface area contributed by atoms with E-state index in [1.807, 2.05) is 54.9 Å². The van der Waals surface area contributed by atoms with Crippen LogP contribution in [-0.2, 0) is 10.0 Å². The largest absolute Gasteiger partial charge is 0.360 e. The van der Waals surface area contributed by atoms with E-state index in [2.05, 4.69) is 14.9 Å². The molecule has 3 aromatic heterocycles. The fourth-order valence-electron chi connectivity index (χ4n) is 3.24. The van der Waals surface area contributed by atoms with Gasteiger partial charge in [0.1, 0.15) is 11.3 Å². The van der Waals surface area contributed by atoms with E-state index in [9.17, 15) is 8.42 Å². The molecule has 144 valence electrons. The molecule has 3 heterocycles. The summed E-state index contributed by atoms with van der Waals surface area (Å²) in [6.45, 7) is 7.04. The number of anilines is 1. The molecule has 1 aromatic carbocycles. The van der Waals surface area contributed by atoms with Crippen LogP contribution in [0.1, 0.15) is 22.6 Å². The predicted molar refractivity (Wildman–Crippen MR) is 107 cm³/mol. The smallest absolute Gasteiger partial charge is 0.267 e. The van der Waals surface area contributed by atoms with E-state index < -0.39 is 10.0 Å². The number of hydrogen-bond acceptors (Lipinski definition) is 5. The van der Waals surface area contributed by atoms with Crippen LogP contribution in [0, 0.1) is 27.7 Å². The van der Waals surface area contributed by atoms with Crippen molar-refractivity contribution in [3.63, 3.8) is 0 Å². The minimum Gasteiger partial charge on any atom is -0.360 e. The molecule has 4 aromatic rings. The normalized spacial score (nSPS) is 11.9. The number of aryl methyl sites for hydroxylation is 4. The Hall–Kier alpha value is -3.13. The highest BCUT2D eigenvalue weighted by atomic mass is 32.2. The monoisotopic (exact) mass is 396 g/mol. The molecule has 0 spiro atoms. The number of sulfonamides is 1. The molecule has 8 heteroatoms. The molecule has 0 saturated carbocycles. The molecule has 1 N–H and O–H groups in total. The molecule has 0 fully saturated rings. The van der Waals surface area contributed by atoms with E-state index >= 15 is 0 Å². The molecule has 0 saturated heterocycles. The molecule has 0 bridgehead atoms. The van der Waals surface area contributed by atoms with Crippen molar-refractivity contribution in [2.45, 2.75) is 32.6 Å². The Labute approximate surface area is 163 Å². The van der Waals surface area contributed by atoms with Crippen molar-refractivity contribution in [3.05, 3.63) is 65.3 Å². The molecular weight excluding hydrogens is 376 g/mol. The first-order valence-electron chi connectivity index (χ1n) is 8.77. The lowest BCUT2D eigenvalue weighted by Gasteiger charge is -2.11. The van der Waals surface area contributed by atoms with Gasteiger partial charge in [-0.2, -0.15) is 0 Å². The van der Waals surface area contributed by atoms with Gasteiger partial charge in [-0.05, 0) is 51.0 Å². The first-order valence-corrected chi connectivity index (χ1v) is 10.3. The topological polar surface area (TPSA) is 89.5 Å². The second-order valence-electron chi connectivity index (χ2n) is 6.84. The van der Waals surface area contributed by atoms with Crippen LogP contribution >= 0.6 is 0 Å². The Morgan fingerprint density at radius 2 is 1.86 bits per heavy atom. The van der Waals surface area contributed by atoms with Crippen LogP contribution < -0.4 is 4.72 Å². The van der Waals surface area contributed by atoms with Gasteiger partial charge in [-0.3, -0.25) is 4.72 Å². The second kappa shape index (κ2) is 6.49. The van der Waals surface area contributed by atoms with Crippen molar-refractivity contribution in [2.24, 2.45) is 0 Å². The van der Waals surface area contributed by atoms with Crippen molar-refractivity contribution < 1.29 is 12.9 Å². The summed E-state index contributed by atoms with van der Waals surface area (Å²) in [6, 6.07) is 9.57. The first-order chi connectivity index (χ1) is 13.3. The fraction of sp³-hybridized carbons (Fsp3) is 0.200. The molecule has 0 aliphatic carbocycles. The van der Waals surface area contributed by atoms with Gasteiger partial charge in [-0.1, -0.05) is 23.4 Å². The van der Waals surface area contributed by atoms with Gasteiger partial charge in [-0.25, -0.2) is 13.4 Å². The number of benzene rings is 1. The molecular formula is C20H20N4O3S. The molecule has 0 unspecified atom stereocenters. The number of nitrogens with one attached hydrogen (secondary N) is 1. The quantitative estimate of drug-likeness (QED) is 0.563. The van der Waals surface area contributed by atoms with Gasteiger partial charge in [0.2, 0.25) is 0 Å². The first kappa shape index (κ1) is 18.2. The molecule has 0 radical (unpaired) electrons. The van der Waals surface area contributed by atoms with Gasteiger partial charge in [0.25, 0.3) is 10.0 Å². The van der Waals surface area contributed by atoms with Gasteiger partial charge in [0.15, 0.2) is 10.7 Å². The number of rotatable bonds is 4. The van der Waals surface area contributed by atoms with Gasteiger partial charge < -0.3 is 8.92 Å². The van der Waals surface area contributed by atoms with Crippen molar-refractivity contribution in [2.75, 3.05) is 4.72 Å². The lowest BCUT2D eigenvalue weighted by molar-refractivity contribution is 0.390. The third kappa shape index (κ3) is 3.05. The fourth-order valence-corrected chi connectivity index (χ4v) is 4.69. The highest BCUT2D eigenvalue weighted by molar-refractivity contribution is 7.92. The lowest BCUT2D eigenvalue weighted by Crippen LogP contribution is -2.15. The Bertz CT molecular complexity index is 1280. The summed E-state index contributed by atoms with van der Waals surface area (Å²) >= 11 is 0. The van der Waals surface area contributed by atoms with Crippen molar-refractivity contribution >= 4 is 21.4 Å². The van der Waals surface area contributed by atoms with Gasteiger partial charge >= 0.3 is 0 Å². The average Bonchev–Trinajstić information content (AvgIpc) is 3.21. The Morgan fingerprint density at radius 1 is 1.07 bits per heavy atom. The third-order valence-corrected chi connectivity index (χ3v) is 6.30. The van der Waals surface area contributed by atoms with Crippen LogP contribution in [0.3, 0.4) is 0 Å². The van der Waals surface area contributed by atoms with E-state index in [0.29, 0.717) is 11.4 Å². The predicted octanol–water partition coefficient (Wildman–Crippen LogP) is 4.02.